The summed E-state index contributed by atoms with van der Waals surface area (Å²) in [7, 11) is 0. The number of nitrogens with one attached hydrogen (secondary N) is 3. The van der Waals surface area contributed by atoms with Gasteiger partial charge in [0.05, 0.1) is 16.6 Å². The summed E-state index contributed by atoms with van der Waals surface area (Å²) < 4.78 is 0. The van der Waals surface area contributed by atoms with E-state index in [1.165, 1.54) is 0 Å². The zero-order valence-electron chi connectivity index (χ0n) is 18.9. The van der Waals surface area contributed by atoms with Crippen LogP contribution in [0.25, 0.3) is 10.9 Å². The SMILES string of the molecule is N#CC(C[C@@H]1CCCNC1=O)NC(=O)C1CC2(CCC2)CN1C(=O)c1cc2cccc(Cl)c2[nH]1. The van der Waals surface area contributed by atoms with E-state index < -0.39 is 12.1 Å². The molecule has 1 aliphatic carbocycles. The quantitative estimate of drug-likeness (QED) is 0.607. The van der Waals surface area contributed by atoms with Gasteiger partial charge in [0.25, 0.3) is 5.91 Å². The Hall–Kier alpha value is -3.05. The molecule has 2 aliphatic heterocycles. The van der Waals surface area contributed by atoms with Gasteiger partial charge in [-0.2, -0.15) is 5.26 Å². The number of piperidine rings is 1. The van der Waals surface area contributed by atoms with Crippen LogP contribution >= 0.6 is 11.6 Å². The molecule has 3 aliphatic rings. The van der Waals surface area contributed by atoms with E-state index in [1.807, 2.05) is 12.1 Å². The third kappa shape index (κ3) is 4.14. The number of hydrogen-bond acceptors (Lipinski definition) is 4. The lowest BCUT2D eigenvalue weighted by Gasteiger charge is -2.37. The summed E-state index contributed by atoms with van der Waals surface area (Å²) in [4.78, 5) is 43.8. The van der Waals surface area contributed by atoms with Crippen molar-refractivity contribution in [1.82, 2.24) is 20.5 Å². The van der Waals surface area contributed by atoms with Gasteiger partial charge in [0.1, 0.15) is 17.8 Å². The van der Waals surface area contributed by atoms with Crippen molar-refractivity contribution in [2.24, 2.45) is 11.3 Å². The molecule has 3 N–H and O–H groups in total. The molecule has 0 bridgehead atoms. The standard InChI is InChI=1S/C25H28ClN5O3/c26-18-6-1-4-15-11-19(30-21(15)18)24(34)31-14-25(7-3-8-25)12-20(31)23(33)29-17(13-27)10-16-5-2-9-28-22(16)32/h1,4,6,11,16-17,20,30H,2-3,5,7-10,12,14H2,(H,28,32)(H,29,33)/t16-,17?,20?/m0/s1. The number of aromatic nitrogens is 1. The van der Waals surface area contributed by atoms with Crippen LogP contribution in [0.15, 0.2) is 24.3 Å². The number of hydrogen-bond donors (Lipinski definition) is 3. The van der Waals surface area contributed by atoms with Crippen LogP contribution in [0.3, 0.4) is 0 Å². The van der Waals surface area contributed by atoms with Crippen LogP contribution in [0.2, 0.25) is 5.02 Å². The summed E-state index contributed by atoms with van der Waals surface area (Å²) in [5, 5.41) is 16.7. The molecule has 9 heteroatoms. The summed E-state index contributed by atoms with van der Waals surface area (Å²) >= 11 is 6.27. The summed E-state index contributed by atoms with van der Waals surface area (Å²) in [6.45, 7) is 1.17. The number of para-hydroxylation sites is 1. The summed E-state index contributed by atoms with van der Waals surface area (Å²) in [6.07, 6.45) is 5.51. The topological polar surface area (TPSA) is 118 Å². The zero-order chi connectivity index (χ0) is 23.9. The highest BCUT2D eigenvalue weighted by atomic mass is 35.5. The Morgan fingerprint density at radius 1 is 1.32 bits per heavy atom. The number of nitriles is 1. The predicted octanol–water partition coefficient (Wildman–Crippen LogP) is 3.13. The van der Waals surface area contributed by atoms with Gasteiger partial charge in [-0.3, -0.25) is 14.4 Å². The molecule has 1 aromatic carbocycles. The highest BCUT2D eigenvalue weighted by Crippen LogP contribution is 2.50. The first-order valence-electron chi connectivity index (χ1n) is 11.9. The van der Waals surface area contributed by atoms with Gasteiger partial charge in [-0.1, -0.05) is 30.2 Å². The second kappa shape index (κ2) is 8.95. The number of carbonyl (C=O) groups is 3. The molecule has 3 fully saturated rings. The zero-order valence-corrected chi connectivity index (χ0v) is 19.7. The normalized spacial score (nSPS) is 24.4. The smallest absolute Gasteiger partial charge is 0.271 e. The van der Waals surface area contributed by atoms with Crippen LogP contribution in [-0.4, -0.2) is 52.8 Å². The second-order valence-electron chi connectivity index (χ2n) is 9.95. The van der Waals surface area contributed by atoms with Crippen LogP contribution in [0.5, 0.6) is 0 Å². The van der Waals surface area contributed by atoms with Crippen LogP contribution in [0.1, 0.15) is 55.4 Å². The van der Waals surface area contributed by atoms with Crippen molar-refractivity contribution in [3.8, 4) is 6.07 Å². The van der Waals surface area contributed by atoms with Gasteiger partial charge in [0.15, 0.2) is 0 Å². The molecule has 8 nitrogen and oxygen atoms in total. The molecule has 3 amide bonds. The largest absolute Gasteiger partial charge is 0.356 e. The maximum atomic E-state index is 13.5. The molecule has 2 saturated heterocycles. The van der Waals surface area contributed by atoms with Crippen molar-refractivity contribution in [1.29, 1.82) is 5.26 Å². The molecule has 5 rings (SSSR count). The van der Waals surface area contributed by atoms with Crippen molar-refractivity contribution >= 4 is 40.2 Å². The maximum Gasteiger partial charge on any atom is 0.271 e. The monoisotopic (exact) mass is 481 g/mol. The minimum atomic E-state index is -0.775. The van der Waals surface area contributed by atoms with Gasteiger partial charge in [-0.05, 0) is 56.1 Å². The lowest BCUT2D eigenvalue weighted by atomic mass is 9.67. The van der Waals surface area contributed by atoms with E-state index in [9.17, 15) is 19.6 Å². The van der Waals surface area contributed by atoms with E-state index in [0.717, 1.165) is 31.1 Å². The van der Waals surface area contributed by atoms with Crippen LogP contribution in [0.4, 0.5) is 0 Å². The van der Waals surface area contributed by atoms with E-state index in [-0.39, 0.29) is 35.5 Å². The van der Waals surface area contributed by atoms with Gasteiger partial charge in [-0.15, -0.1) is 0 Å². The van der Waals surface area contributed by atoms with Crippen molar-refractivity contribution < 1.29 is 14.4 Å². The van der Waals surface area contributed by atoms with Crippen LogP contribution in [0, 0.1) is 22.7 Å². The van der Waals surface area contributed by atoms with E-state index in [2.05, 4.69) is 21.7 Å². The lowest BCUT2D eigenvalue weighted by molar-refractivity contribution is -0.128. The number of benzene rings is 1. The fraction of sp³-hybridized carbons (Fsp3) is 0.520. The minimum Gasteiger partial charge on any atom is -0.356 e. The highest BCUT2D eigenvalue weighted by molar-refractivity contribution is 6.35. The Labute approximate surface area is 203 Å². The Bertz CT molecular complexity index is 1180. The molecular formula is C25H28ClN5O3. The molecule has 3 heterocycles. The van der Waals surface area contributed by atoms with Gasteiger partial charge < -0.3 is 20.5 Å². The molecule has 1 spiro atoms. The molecule has 1 aromatic heterocycles. The van der Waals surface area contributed by atoms with Gasteiger partial charge in [0.2, 0.25) is 11.8 Å². The first kappa shape index (κ1) is 22.7. The second-order valence-corrected chi connectivity index (χ2v) is 10.4. The van der Waals surface area contributed by atoms with Gasteiger partial charge in [0, 0.05) is 24.4 Å². The average Bonchev–Trinajstić information content (AvgIpc) is 3.43. The Morgan fingerprint density at radius 2 is 2.15 bits per heavy atom. The molecule has 1 saturated carbocycles. The number of carbonyl (C=O) groups excluding carboxylic acids is 3. The number of aromatic amines is 1. The van der Waals surface area contributed by atoms with Crippen molar-refractivity contribution in [3.05, 3.63) is 35.0 Å². The maximum absolute atomic E-state index is 13.5. The average molecular weight is 482 g/mol. The molecule has 2 unspecified atom stereocenters. The van der Waals surface area contributed by atoms with Gasteiger partial charge >= 0.3 is 0 Å². The minimum absolute atomic E-state index is 0.0350. The molecule has 34 heavy (non-hydrogen) atoms. The van der Waals surface area contributed by atoms with E-state index in [1.54, 1.807) is 17.0 Å². The predicted molar refractivity (Wildman–Crippen MR) is 127 cm³/mol. The number of likely N-dealkylation sites (tertiary alicyclic amines) is 1. The van der Waals surface area contributed by atoms with E-state index >= 15 is 0 Å². The van der Waals surface area contributed by atoms with E-state index in [4.69, 9.17) is 11.6 Å². The number of halogens is 1. The van der Waals surface area contributed by atoms with E-state index in [0.29, 0.717) is 42.2 Å². The fourth-order valence-corrected chi connectivity index (χ4v) is 5.92. The fourth-order valence-electron chi connectivity index (χ4n) is 5.69. The van der Waals surface area contributed by atoms with Crippen molar-refractivity contribution in [3.63, 3.8) is 0 Å². The summed E-state index contributed by atoms with van der Waals surface area (Å²) in [5.74, 6) is -0.913. The van der Waals surface area contributed by atoms with Gasteiger partial charge in [-0.25, -0.2) is 0 Å². The van der Waals surface area contributed by atoms with Crippen LogP contribution < -0.4 is 10.6 Å². The first-order chi connectivity index (χ1) is 16.4. The van der Waals surface area contributed by atoms with Crippen molar-refractivity contribution in [2.75, 3.05) is 13.1 Å². The number of amides is 3. The van der Waals surface area contributed by atoms with Crippen molar-refractivity contribution in [2.45, 2.75) is 57.0 Å². The third-order valence-corrected chi connectivity index (χ3v) is 8.03. The summed E-state index contributed by atoms with van der Waals surface area (Å²) in [5.41, 5.74) is 1.06. The first-order valence-corrected chi connectivity index (χ1v) is 12.3. The molecule has 178 valence electrons. The third-order valence-electron chi connectivity index (χ3n) is 7.71. The Kier molecular flexibility index (Phi) is 5.98. The molecule has 2 aromatic rings. The number of fused-ring (bicyclic) bond motifs is 1. The Morgan fingerprint density at radius 3 is 2.82 bits per heavy atom. The summed E-state index contributed by atoms with van der Waals surface area (Å²) in [6, 6.07) is 7.96. The number of nitrogens with zero attached hydrogens (tertiary/aromatic N) is 2. The lowest BCUT2D eigenvalue weighted by Crippen LogP contribution is -2.49. The number of rotatable bonds is 5. The highest BCUT2D eigenvalue weighted by Gasteiger charge is 2.52. The molecule has 3 atom stereocenters. The molecule has 0 radical (unpaired) electrons. The number of H-pyrrole nitrogens is 1. The molecular weight excluding hydrogens is 454 g/mol. The van der Waals surface area contributed by atoms with Crippen LogP contribution in [-0.2, 0) is 9.59 Å². The Balaban J connectivity index is 1.34.